The Morgan fingerprint density at radius 2 is 1.96 bits per heavy atom. The minimum Gasteiger partial charge on any atom is -0.495 e. The summed E-state index contributed by atoms with van der Waals surface area (Å²) in [6.07, 6.45) is 1.19. The molecule has 0 aliphatic heterocycles. The lowest BCUT2D eigenvalue weighted by atomic mass is 10.1. The van der Waals surface area contributed by atoms with E-state index in [0.717, 1.165) is 5.13 Å². The zero-order chi connectivity index (χ0) is 19.1. The van der Waals surface area contributed by atoms with Gasteiger partial charge in [-0.2, -0.15) is 0 Å². The van der Waals surface area contributed by atoms with Gasteiger partial charge in [0.1, 0.15) is 11.4 Å². The van der Waals surface area contributed by atoms with Gasteiger partial charge in [0.15, 0.2) is 15.0 Å². The van der Waals surface area contributed by atoms with Crippen LogP contribution in [0, 0.1) is 0 Å². The van der Waals surface area contributed by atoms with Gasteiger partial charge in [-0.05, 0) is 48.0 Å². The fourth-order valence-corrected chi connectivity index (χ4v) is 4.85. The van der Waals surface area contributed by atoms with E-state index in [1.807, 2.05) is 19.2 Å². The van der Waals surface area contributed by atoms with E-state index in [4.69, 9.17) is 4.74 Å². The summed E-state index contributed by atoms with van der Waals surface area (Å²) in [5, 5.41) is 6.41. The summed E-state index contributed by atoms with van der Waals surface area (Å²) < 4.78 is 30.6. The minimum atomic E-state index is -3.45. The Bertz CT molecular complexity index is 1080. The Morgan fingerprint density at radius 1 is 1.23 bits per heavy atom. The second kappa shape index (κ2) is 7.13. The first-order valence-electron chi connectivity index (χ1n) is 7.80. The lowest BCUT2D eigenvalue weighted by molar-refractivity contribution is 0.413. The number of sulfone groups is 1. The SMILES string of the molecule is COc1ccc2c(S(C)(=O)=O)cc(-c3csc(NC(C)C)n3)nc2c1Br. The highest BCUT2D eigenvalue weighted by molar-refractivity contribution is 9.10. The number of benzene rings is 1. The summed E-state index contributed by atoms with van der Waals surface area (Å²) in [6, 6.07) is 5.25. The van der Waals surface area contributed by atoms with Crippen LogP contribution in [-0.2, 0) is 9.84 Å². The molecule has 2 heterocycles. The van der Waals surface area contributed by atoms with Crippen molar-refractivity contribution in [3.8, 4) is 17.1 Å². The lowest BCUT2D eigenvalue weighted by Crippen LogP contribution is -2.09. The highest BCUT2D eigenvalue weighted by Crippen LogP contribution is 2.37. The minimum absolute atomic E-state index is 0.215. The zero-order valence-electron chi connectivity index (χ0n) is 14.7. The zero-order valence-corrected chi connectivity index (χ0v) is 17.9. The third-order valence-corrected chi connectivity index (χ3v) is 6.32. The van der Waals surface area contributed by atoms with E-state index in [1.54, 1.807) is 25.3 Å². The maximum atomic E-state index is 12.3. The Kier molecular flexibility index (Phi) is 5.23. The first kappa shape index (κ1) is 19.1. The highest BCUT2D eigenvalue weighted by Gasteiger charge is 2.20. The van der Waals surface area contributed by atoms with Crippen LogP contribution in [0.5, 0.6) is 5.75 Å². The molecule has 1 N–H and O–H groups in total. The molecule has 138 valence electrons. The number of nitrogens with one attached hydrogen (secondary N) is 1. The molecule has 0 saturated carbocycles. The maximum Gasteiger partial charge on any atom is 0.183 e. The van der Waals surface area contributed by atoms with Crippen LogP contribution < -0.4 is 10.1 Å². The Morgan fingerprint density at radius 3 is 2.58 bits per heavy atom. The van der Waals surface area contributed by atoms with Crippen LogP contribution in [0.15, 0.2) is 32.9 Å². The third kappa shape index (κ3) is 3.70. The van der Waals surface area contributed by atoms with Gasteiger partial charge >= 0.3 is 0 Å². The molecular weight excluding hydrogens is 438 g/mol. The van der Waals surface area contributed by atoms with Crippen molar-refractivity contribution < 1.29 is 13.2 Å². The second-order valence-electron chi connectivity index (χ2n) is 6.09. The van der Waals surface area contributed by atoms with Gasteiger partial charge < -0.3 is 10.1 Å². The van der Waals surface area contributed by atoms with Crippen molar-refractivity contribution in [1.82, 2.24) is 9.97 Å². The van der Waals surface area contributed by atoms with Gasteiger partial charge in [0, 0.05) is 23.1 Å². The van der Waals surface area contributed by atoms with Crippen LogP contribution in [0.1, 0.15) is 13.8 Å². The van der Waals surface area contributed by atoms with Crippen molar-refractivity contribution in [2.45, 2.75) is 24.8 Å². The molecule has 0 saturated heterocycles. The van der Waals surface area contributed by atoms with Gasteiger partial charge in [0.05, 0.1) is 27.7 Å². The third-order valence-electron chi connectivity index (χ3n) is 3.64. The molecule has 2 aromatic heterocycles. The number of hydrogen-bond donors (Lipinski definition) is 1. The van der Waals surface area contributed by atoms with Crippen molar-refractivity contribution in [3.63, 3.8) is 0 Å². The molecule has 0 spiro atoms. The Labute approximate surface area is 164 Å². The van der Waals surface area contributed by atoms with Crippen LogP contribution in [0.4, 0.5) is 5.13 Å². The van der Waals surface area contributed by atoms with E-state index in [2.05, 4.69) is 31.2 Å². The molecule has 0 amide bonds. The predicted octanol–water partition coefficient (Wildman–Crippen LogP) is 4.35. The molecule has 0 aliphatic rings. The molecule has 0 atom stereocenters. The normalized spacial score (nSPS) is 11.9. The maximum absolute atomic E-state index is 12.3. The average Bonchev–Trinajstić information content (AvgIpc) is 3.01. The molecule has 0 unspecified atom stereocenters. The number of pyridine rings is 1. The van der Waals surface area contributed by atoms with Crippen LogP contribution in [0.25, 0.3) is 22.3 Å². The average molecular weight is 456 g/mol. The van der Waals surface area contributed by atoms with E-state index >= 15 is 0 Å². The fourth-order valence-electron chi connectivity index (χ4n) is 2.51. The number of ether oxygens (including phenoxy) is 1. The van der Waals surface area contributed by atoms with E-state index in [-0.39, 0.29) is 10.9 Å². The number of methoxy groups -OCH3 is 1. The number of halogens is 1. The standard InChI is InChI=1S/C17H18BrN3O3S2/c1-9(2)19-17-21-12(8-25-17)11-7-14(26(4,22)23)10-5-6-13(24-3)15(18)16(10)20-11/h5-9H,1-4H3,(H,19,21). The molecule has 1 aromatic carbocycles. The van der Waals surface area contributed by atoms with Gasteiger partial charge in [-0.3, -0.25) is 0 Å². The number of anilines is 1. The molecule has 3 rings (SSSR count). The van der Waals surface area contributed by atoms with Gasteiger partial charge in [-0.1, -0.05) is 0 Å². The molecule has 0 bridgehead atoms. The Balaban J connectivity index is 2.26. The van der Waals surface area contributed by atoms with E-state index < -0.39 is 9.84 Å². The predicted molar refractivity (Wildman–Crippen MR) is 109 cm³/mol. The van der Waals surface area contributed by atoms with Crippen molar-refractivity contribution in [2.75, 3.05) is 18.7 Å². The van der Waals surface area contributed by atoms with Crippen molar-refractivity contribution in [1.29, 1.82) is 0 Å². The van der Waals surface area contributed by atoms with E-state index in [9.17, 15) is 8.42 Å². The Hall–Kier alpha value is -1.71. The molecule has 6 nitrogen and oxygen atoms in total. The first-order chi connectivity index (χ1) is 12.2. The van der Waals surface area contributed by atoms with E-state index in [0.29, 0.717) is 32.5 Å². The van der Waals surface area contributed by atoms with Gasteiger partial charge in [0.25, 0.3) is 0 Å². The molecule has 0 fully saturated rings. The topological polar surface area (TPSA) is 81.2 Å². The fraction of sp³-hybridized carbons (Fsp3) is 0.294. The van der Waals surface area contributed by atoms with Gasteiger partial charge in [0.2, 0.25) is 0 Å². The number of thiazole rings is 1. The van der Waals surface area contributed by atoms with E-state index in [1.165, 1.54) is 17.6 Å². The van der Waals surface area contributed by atoms with Crippen molar-refractivity contribution in [3.05, 3.63) is 28.1 Å². The highest BCUT2D eigenvalue weighted by atomic mass is 79.9. The smallest absolute Gasteiger partial charge is 0.183 e. The summed E-state index contributed by atoms with van der Waals surface area (Å²) in [7, 11) is -1.90. The summed E-state index contributed by atoms with van der Waals surface area (Å²) in [5.41, 5.74) is 1.65. The monoisotopic (exact) mass is 455 g/mol. The number of aromatic nitrogens is 2. The summed E-state index contributed by atoms with van der Waals surface area (Å²) in [5.74, 6) is 0.585. The lowest BCUT2D eigenvalue weighted by Gasteiger charge is -2.11. The first-order valence-corrected chi connectivity index (χ1v) is 11.4. The quantitative estimate of drug-likeness (QED) is 0.615. The molecule has 0 aliphatic carbocycles. The number of hydrogen-bond acceptors (Lipinski definition) is 7. The molecule has 9 heteroatoms. The van der Waals surface area contributed by atoms with Gasteiger partial charge in [-0.15, -0.1) is 11.3 Å². The van der Waals surface area contributed by atoms with Crippen molar-refractivity contribution in [2.24, 2.45) is 0 Å². The number of rotatable bonds is 5. The summed E-state index contributed by atoms with van der Waals surface area (Å²) >= 11 is 4.93. The molecule has 0 radical (unpaired) electrons. The van der Waals surface area contributed by atoms with Crippen LogP contribution >= 0.6 is 27.3 Å². The molecule has 26 heavy (non-hydrogen) atoms. The molecule has 3 aromatic rings. The van der Waals surface area contributed by atoms with Crippen LogP contribution in [-0.4, -0.2) is 37.8 Å². The second-order valence-corrected chi connectivity index (χ2v) is 9.73. The molecular formula is C17H18BrN3O3S2. The van der Waals surface area contributed by atoms with Crippen LogP contribution in [0.2, 0.25) is 0 Å². The number of nitrogens with zero attached hydrogens (tertiary/aromatic N) is 2. The summed E-state index contributed by atoms with van der Waals surface area (Å²) in [4.78, 5) is 9.39. The summed E-state index contributed by atoms with van der Waals surface area (Å²) in [6.45, 7) is 4.06. The van der Waals surface area contributed by atoms with Crippen LogP contribution in [0.3, 0.4) is 0 Å². The van der Waals surface area contributed by atoms with Crippen molar-refractivity contribution >= 4 is 53.1 Å². The van der Waals surface area contributed by atoms with Gasteiger partial charge in [-0.25, -0.2) is 18.4 Å². The largest absolute Gasteiger partial charge is 0.495 e. The number of fused-ring (bicyclic) bond motifs is 1.